The average molecular weight is 228 g/mol. The Kier molecular flexibility index (Phi) is 2.87. The Balaban J connectivity index is 3.21. The topological polar surface area (TPSA) is 43.1 Å². The zero-order chi connectivity index (χ0) is 9.14. The molecule has 1 aromatic carbocycles. The third-order valence-electron chi connectivity index (χ3n) is 1.72. The SMILES string of the molecule is CCc1ccc(Br)cc1C(N)=O. The van der Waals surface area contributed by atoms with Crippen LogP contribution in [0, 0.1) is 0 Å². The summed E-state index contributed by atoms with van der Waals surface area (Å²) in [6, 6.07) is 5.57. The number of amides is 1. The highest BCUT2D eigenvalue weighted by atomic mass is 79.9. The van der Waals surface area contributed by atoms with Gasteiger partial charge in [-0.3, -0.25) is 4.79 Å². The van der Waals surface area contributed by atoms with Gasteiger partial charge in [0.25, 0.3) is 0 Å². The predicted molar refractivity (Wildman–Crippen MR) is 52.0 cm³/mol. The Morgan fingerprint density at radius 1 is 1.58 bits per heavy atom. The summed E-state index contributed by atoms with van der Waals surface area (Å²) in [7, 11) is 0. The first kappa shape index (κ1) is 9.26. The molecule has 0 heterocycles. The molecule has 1 amide bonds. The summed E-state index contributed by atoms with van der Waals surface area (Å²) in [5.41, 5.74) is 6.79. The van der Waals surface area contributed by atoms with Crippen molar-refractivity contribution in [3.8, 4) is 0 Å². The summed E-state index contributed by atoms with van der Waals surface area (Å²) >= 11 is 3.29. The molecule has 0 aliphatic heterocycles. The van der Waals surface area contributed by atoms with Gasteiger partial charge in [0.15, 0.2) is 0 Å². The van der Waals surface area contributed by atoms with Crippen molar-refractivity contribution in [2.24, 2.45) is 5.73 Å². The zero-order valence-corrected chi connectivity index (χ0v) is 8.39. The lowest BCUT2D eigenvalue weighted by molar-refractivity contribution is 0.0999. The summed E-state index contributed by atoms with van der Waals surface area (Å²) in [5, 5.41) is 0. The van der Waals surface area contributed by atoms with E-state index in [0.717, 1.165) is 16.5 Å². The quantitative estimate of drug-likeness (QED) is 0.827. The van der Waals surface area contributed by atoms with Gasteiger partial charge in [-0.25, -0.2) is 0 Å². The molecule has 0 bridgehead atoms. The molecular formula is C9H10BrNO. The van der Waals surface area contributed by atoms with Crippen LogP contribution in [0.3, 0.4) is 0 Å². The first-order chi connectivity index (χ1) is 5.65. The van der Waals surface area contributed by atoms with E-state index >= 15 is 0 Å². The van der Waals surface area contributed by atoms with Gasteiger partial charge < -0.3 is 5.73 Å². The van der Waals surface area contributed by atoms with E-state index in [1.54, 1.807) is 6.07 Å². The van der Waals surface area contributed by atoms with Crippen LogP contribution in [0.5, 0.6) is 0 Å². The molecule has 12 heavy (non-hydrogen) atoms. The number of hydrogen-bond acceptors (Lipinski definition) is 1. The lowest BCUT2D eigenvalue weighted by Gasteiger charge is -2.03. The highest BCUT2D eigenvalue weighted by molar-refractivity contribution is 9.10. The summed E-state index contributed by atoms with van der Waals surface area (Å²) < 4.78 is 0.883. The van der Waals surface area contributed by atoms with Crippen molar-refractivity contribution in [3.63, 3.8) is 0 Å². The Hall–Kier alpha value is -0.830. The molecule has 0 unspecified atom stereocenters. The monoisotopic (exact) mass is 227 g/mol. The van der Waals surface area contributed by atoms with E-state index in [0.29, 0.717) is 5.56 Å². The lowest BCUT2D eigenvalue weighted by atomic mass is 10.1. The fourth-order valence-electron chi connectivity index (χ4n) is 1.09. The minimum absolute atomic E-state index is 0.367. The molecule has 1 rings (SSSR count). The van der Waals surface area contributed by atoms with Gasteiger partial charge in [0.05, 0.1) is 0 Å². The van der Waals surface area contributed by atoms with Crippen molar-refractivity contribution in [1.82, 2.24) is 0 Å². The molecular weight excluding hydrogens is 218 g/mol. The number of nitrogens with two attached hydrogens (primary N) is 1. The normalized spacial score (nSPS) is 9.83. The molecule has 0 saturated heterocycles. The maximum Gasteiger partial charge on any atom is 0.249 e. The van der Waals surface area contributed by atoms with E-state index in [1.165, 1.54) is 0 Å². The number of primary amides is 1. The fraction of sp³-hybridized carbons (Fsp3) is 0.222. The van der Waals surface area contributed by atoms with E-state index in [1.807, 2.05) is 19.1 Å². The number of hydrogen-bond donors (Lipinski definition) is 1. The predicted octanol–water partition coefficient (Wildman–Crippen LogP) is 2.11. The van der Waals surface area contributed by atoms with Crippen LogP contribution in [0.4, 0.5) is 0 Å². The number of carbonyl (C=O) groups excluding carboxylic acids is 1. The second-order valence-corrected chi connectivity index (χ2v) is 3.43. The molecule has 0 radical (unpaired) electrons. The summed E-state index contributed by atoms with van der Waals surface area (Å²) in [6.45, 7) is 2.00. The number of benzene rings is 1. The molecule has 0 atom stereocenters. The maximum absolute atomic E-state index is 10.9. The smallest absolute Gasteiger partial charge is 0.249 e. The first-order valence-electron chi connectivity index (χ1n) is 3.73. The van der Waals surface area contributed by atoms with Crippen LogP contribution in [-0.4, -0.2) is 5.91 Å². The first-order valence-corrected chi connectivity index (χ1v) is 4.52. The Labute approximate surface area is 79.9 Å². The van der Waals surface area contributed by atoms with Crippen LogP contribution in [-0.2, 0) is 6.42 Å². The van der Waals surface area contributed by atoms with Gasteiger partial charge in [0.2, 0.25) is 5.91 Å². The van der Waals surface area contributed by atoms with Crippen LogP contribution < -0.4 is 5.73 Å². The van der Waals surface area contributed by atoms with Crippen LogP contribution in [0.2, 0.25) is 0 Å². The largest absolute Gasteiger partial charge is 0.366 e. The van der Waals surface area contributed by atoms with Crippen molar-refractivity contribution in [2.45, 2.75) is 13.3 Å². The number of rotatable bonds is 2. The molecule has 0 aromatic heterocycles. The summed E-state index contributed by atoms with van der Waals surface area (Å²) in [4.78, 5) is 10.9. The molecule has 64 valence electrons. The van der Waals surface area contributed by atoms with Crippen molar-refractivity contribution in [2.75, 3.05) is 0 Å². The Morgan fingerprint density at radius 2 is 2.25 bits per heavy atom. The third kappa shape index (κ3) is 1.85. The van der Waals surface area contributed by atoms with E-state index in [2.05, 4.69) is 15.9 Å². The van der Waals surface area contributed by atoms with Crippen LogP contribution in [0.1, 0.15) is 22.8 Å². The second kappa shape index (κ2) is 3.72. The highest BCUT2D eigenvalue weighted by Gasteiger charge is 2.06. The number of aryl methyl sites for hydroxylation is 1. The highest BCUT2D eigenvalue weighted by Crippen LogP contribution is 2.16. The van der Waals surface area contributed by atoms with Crippen molar-refractivity contribution < 1.29 is 4.79 Å². The van der Waals surface area contributed by atoms with Gasteiger partial charge in [-0.15, -0.1) is 0 Å². The maximum atomic E-state index is 10.9. The summed E-state index contributed by atoms with van der Waals surface area (Å²) in [5.74, 6) is -0.367. The van der Waals surface area contributed by atoms with Gasteiger partial charge in [-0.1, -0.05) is 28.9 Å². The van der Waals surface area contributed by atoms with E-state index in [9.17, 15) is 4.79 Å². The zero-order valence-electron chi connectivity index (χ0n) is 6.80. The number of carbonyl (C=O) groups is 1. The molecule has 0 fully saturated rings. The van der Waals surface area contributed by atoms with Gasteiger partial charge >= 0.3 is 0 Å². The molecule has 2 N–H and O–H groups in total. The molecule has 0 spiro atoms. The minimum Gasteiger partial charge on any atom is -0.366 e. The summed E-state index contributed by atoms with van der Waals surface area (Å²) in [6.07, 6.45) is 0.825. The van der Waals surface area contributed by atoms with E-state index in [-0.39, 0.29) is 5.91 Å². The Morgan fingerprint density at radius 3 is 2.75 bits per heavy atom. The van der Waals surface area contributed by atoms with Crippen molar-refractivity contribution >= 4 is 21.8 Å². The van der Waals surface area contributed by atoms with E-state index < -0.39 is 0 Å². The van der Waals surface area contributed by atoms with Crippen molar-refractivity contribution in [1.29, 1.82) is 0 Å². The van der Waals surface area contributed by atoms with Gasteiger partial charge in [0, 0.05) is 10.0 Å². The molecule has 0 aliphatic carbocycles. The molecule has 2 nitrogen and oxygen atoms in total. The Bertz CT molecular complexity index is 309. The van der Waals surface area contributed by atoms with Crippen LogP contribution in [0.25, 0.3) is 0 Å². The second-order valence-electron chi connectivity index (χ2n) is 2.52. The third-order valence-corrected chi connectivity index (χ3v) is 2.21. The molecule has 1 aromatic rings. The standard InChI is InChI=1S/C9H10BrNO/c1-2-6-3-4-7(10)5-8(6)9(11)12/h3-5H,2H2,1H3,(H2,11,12). The van der Waals surface area contributed by atoms with Crippen LogP contribution >= 0.6 is 15.9 Å². The average Bonchev–Trinajstić information content (AvgIpc) is 2.04. The van der Waals surface area contributed by atoms with Crippen molar-refractivity contribution in [3.05, 3.63) is 33.8 Å². The fourth-order valence-corrected chi connectivity index (χ4v) is 1.45. The number of halogens is 1. The van der Waals surface area contributed by atoms with Crippen LogP contribution in [0.15, 0.2) is 22.7 Å². The lowest BCUT2D eigenvalue weighted by Crippen LogP contribution is -2.13. The van der Waals surface area contributed by atoms with E-state index in [4.69, 9.17) is 5.73 Å². The minimum atomic E-state index is -0.367. The molecule has 0 saturated carbocycles. The molecule has 3 heteroatoms. The van der Waals surface area contributed by atoms with Gasteiger partial charge in [0.1, 0.15) is 0 Å². The molecule has 0 aliphatic rings. The van der Waals surface area contributed by atoms with Gasteiger partial charge in [-0.05, 0) is 24.1 Å². The van der Waals surface area contributed by atoms with Gasteiger partial charge in [-0.2, -0.15) is 0 Å².